The number of likely N-dealkylation sites (N-methyl/N-ethyl adjacent to an activating group) is 1. The second-order valence-corrected chi connectivity index (χ2v) is 4.45. The molecule has 0 fully saturated rings. The quantitative estimate of drug-likeness (QED) is 0.791. The van der Waals surface area contributed by atoms with E-state index in [1.165, 1.54) is 0 Å². The molecule has 1 aliphatic rings. The average Bonchev–Trinajstić information content (AvgIpc) is 2.37. The molecule has 1 heterocycles. The van der Waals surface area contributed by atoms with Gasteiger partial charge in [0.25, 0.3) is 0 Å². The summed E-state index contributed by atoms with van der Waals surface area (Å²) in [5, 5.41) is 0.658. The molecule has 18 heavy (non-hydrogen) atoms. The molecule has 1 atom stereocenters. The van der Waals surface area contributed by atoms with Gasteiger partial charge in [-0.1, -0.05) is 11.6 Å². The molecule has 1 aromatic carbocycles. The van der Waals surface area contributed by atoms with Gasteiger partial charge >= 0.3 is 5.97 Å². The number of anilines is 1. The van der Waals surface area contributed by atoms with Gasteiger partial charge in [0.2, 0.25) is 6.10 Å². The van der Waals surface area contributed by atoms with E-state index in [9.17, 15) is 4.79 Å². The van der Waals surface area contributed by atoms with E-state index in [1.807, 2.05) is 13.0 Å². The molecular weight excluding hydrogens is 254 g/mol. The van der Waals surface area contributed by atoms with Crippen molar-refractivity contribution < 1.29 is 14.3 Å². The number of carbonyl (C=O) groups is 1. The first-order valence-corrected chi connectivity index (χ1v) is 6.41. The highest BCUT2D eigenvalue weighted by Gasteiger charge is 2.31. The average molecular weight is 270 g/mol. The Morgan fingerprint density at radius 2 is 2.33 bits per heavy atom. The maximum Gasteiger partial charge on any atom is 0.349 e. The number of halogens is 1. The zero-order chi connectivity index (χ0) is 13.1. The van der Waals surface area contributed by atoms with Crippen molar-refractivity contribution >= 4 is 23.3 Å². The van der Waals surface area contributed by atoms with Crippen LogP contribution in [-0.4, -0.2) is 31.8 Å². The summed E-state index contributed by atoms with van der Waals surface area (Å²) in [5.74, 6) is 0.349. The number of fused-ring (bicyclic) bond motifs is 1. The normalized spacial score (nSPS) is 17.9. The van der Waals surface area contributed by atoms with E-state index >= 15 is 0 Å². The van der Waals surface area contributed by atoms with Gasteiger partial charge in [-0.15, -0.1) is 0 Å². The molecule has 5 heteroatoms. The Labute approximate surface area is 111 Å². The summed E-state index contributed by atoms with van der Waals surface area (Å²) in [6.07, 6.45) is -0.571. The van der Waals surface area contributed by atoms with Crippen molar-refractivity contribution in [2.45, 2.75) is 20.0 Å². The Balaban J connectivity index is 2.25. The first-order chi connectivity index (χ1) is 8.65. The van der Waals surface area contributed by atoms with Crippen LogP contribution >= 0.6 is 11.6 Å². The van der Waals surface area contributed by atoms with Gasteiger partial charge in [-0.3, -0.25) is 0 Å². The summed E-state index contributed by atoms with van der Waals surface area (Å²) in [7, 11) is 0. The smallest absolute Gasteiger partial charge is 0.349 e. The van der Waals surface area contributed by atoms with Crippen LogP contribution in [0.1, 0.15) is 13.8 Å². The molecule has 2 rings (SSSR count). The molecular formula is C13H16ClNO3. The van der Waals surface area contributed by atoms with E-state index in [4.69, 9.17) is 21.1 Å². The third kappa shape index (κ3) is 2.53. The molecule has 0 bridgehead atoms. The molecule has 1 aliphatic heterocycles. The van der Waals surface area contributed by atoms with E-state index in [0.29, 0.717) is 23.9 Å². The Morgan fingerprint density at radius 3 is 3.00 bits per heavy atom. The van der Waals surface area contributed by atoms with E-state index in [0.717, 1.165) is 12.2 Å². The number of benzene rings is 1. The monoisotopic (exact) mass is 269 g/mol. The lowest BCUT2D eigenvalue weighted by Gasteiger charge is -2.34. The standard InChI is InChI=1S/C13H16ClNO3/c1-3-15-8-12(13(16)17-4-2)18-11-6-5-9(14)7-10(11)15/h5-7,12H,3-4,8H2,1-2H3. The van der Waals surface area contributed by atoms with Crippen molar-refractivity contribution in [3.05, 3.63) is 23.2 Å². The minimum absolute atomic E-state index is 0.323. The maximum atomic E-state index is 11.7. The topological polar surface area (TPSA) is 38.8 Å². The predicted octanol–water partition coefficient (Wildman–Crippen LogP) is 2.49. The second kappa shape index (κ2) is 5.48. The highest BCUT2D eigenvalue weighted by molar-refractivity contribution is 6.31. The number of rotatable bonds is 3. The van der Waals surface area contributed by atoms with Gasteiger partial charge in [-0.05, 0) is 32.0 Å². The van der Waals surface area contributed by atoms with Crippen molar-refractivity contribution in [3.8, 4) is 5.75 Å². The Bertz CT molecular complexity index is 450. The zero-order valence-electron chi connectivity index (χ0n) is 10.5. The summed E-state index contributed by atoms with van der Waals surface area (Å²) in [6, 6.07) is 5.38. The van der Waals surface area contributed by atoms with E-state index in [-0.39, 0.29) is 5.97 Å². The number of nitrogens with zero attached hydrogens (tertiary/aromatic N) is 1. The van der Waals surface area contributed by atoms with Crippen LogP contribution in [-0.2, 0) is 9.53 Å². The van der Waals surface area contributed by atoms with Gasteiger partial charge in [-0.2, -0.15) is 0 Å². The van der Waals surface area contributed by atoms with Crippen LogP contribution in [0.3, 0.4) is 0 Å². The van der Waals surface area contributed by atoms with Crippen LogP contribution in [0.15, 0.2) is 18.2 Å². The van der Waals surface area contributed by atoms with Crippen molar-refractivity contribution in [1.82, 2.24) is 0 Å². The lowest BCUT2D eigenvalue weighted by Crippen LogP contribution is -2.45. The van der Waals surface area contributed by atoms with Gasteiger partial charge in [0.15, 0.2) is 0 Å². The molecule has 1 unspecified atom stereocenters. The number of hydrogen-bond donors (Lipinski definition) is 0. The summed E-state index contributed by atoms with van der Waals surface area (Å²) in [4.78, 5) is 13.8. The summed E-state index contributed by atoms with van der Waals surface area (Å²) >= 11 is 5.97. The third-order valence-corrected chi connectivity index (χ3v) is 3.08. The third-order valence-electron chi connectivity index (χ3n) is 2.85. The van der Waals surface area contributed by atoms with Crippen LogP contribution in [0, 0.1) is 0 Å². The van der Waals surface area contributed by atoms with Crippen molar-refractivity contribution in [2.75, 3.05) is 24.6 Å². The molecule has 4 nitrogen and oxygen atoms in total. The first-order valence-electron chi connectivity index (χ1n) is 6.03. The maximum absolute atomic E-state index is 11.7. The Morgan fingerprint density at radius 1 is 1.56 bits per heavy atom. The number of esters is 1. The van der Waals surface area contributed by atoms with Crippen molar-refractivity contribution in [1.29, 1.82) is 0 Å². The van der Waals surface area contributed by atoms with Gasteiger partial charge in [0.1, 0.15) is 5.75 Å². The number of ether oxygens (including phenoxy) is 2. The largest absolute Gasteiger partial charge is 0.475 e. The van der Waals surface area contributed by atoms with Gasteiger partial charge < -0.3 is 14.4 Å². The van der Waals surface area contributed by atoms with Gasteiger partial charge in [0.05, 0.1) is 18.8 Å². The Kier molecular flexibility index (Phi) is 3.97. The molecule has 0 saturated heterocycles. The number of hydrogen-bond acceptors (Lipinski definition) is 4. The predicted molar refractivity (Wildman–Crippen MR) is 70.4 cm³/mol. The molecule has 0 N–H and O–H groups in total. The van der Waals surface area contributed by atoms with Crippen molar-refractivity contribution in [3.63, 3.8) is 0 Å². The van der Waals surface area contributed by atoms with E-state index < -0.39 is 6.10 Å². The molecule has 0 saturated carbocycles. The summed E-state index contributed by atoms with van der Waals surface area (Å²) in [5.41, 5.74) is 0.922. The van der Waals surface area contributed by atoms with Crippen LogP contribution in [0.2, 0.25) is 5.02 Å². The molecule has 98 valence electrons. The van der Waals surface area contributed by atoms with E-state index in [2.05, 4.69) is 4.90 Å². The second-order valence-electron chi connectivity index (χ2n) is 4.01. The minimum Gasteiger partial charge on any atom is -0.475 e. The summed E-state index contributed by atoms with van der Waals surface area (Å²) < 4.78 is 10.7. The van der Waals surface area contributed by atoms with E-state index in [1.54, 1.807) is 19.1 Å². The molecule has 0 aromatic heterocycles. The highest BCUT2D eigenvalue weighted by Crippen LogP contribution is 2.35. The lowest BCUT2D eigenvalue weighted by atomic mass is 10.2. The minimum atomic E-state index is -0.571. The molecule has 0 radical (unpaired) electrons. The zero-order valence-corrected chi connectivity index (χ0v) is 11.2. The lowest BCUT2D eigenvalue weighted by molar-refractivity contribution is -0.151. The van der Waals surface area contributed by atoms with Crippen LogP contribution < -0.4 is 9.64 Å². The van der Waals surface area contributed by atoms with Gasteiger partial charge in [-0.25, -0.2) is 4.79 Å². The summed E-state index contributed by atoms with van der Waals surface area (Å²) in [6.45, 7) is 5.44. The molecule has 1 aromatic rings. The fraction of sp³-hybridized carbons (Fsp3) is 0.462. The molecule has 0 spiro atoms. The first kappa shape index (κ1) is 13.0. The van der Waals surface area contributed by atoms with Crippen LogP contribution in [0.5, 0.6) is 5.75 Å². The fourth-order valence-corrected chi connectivity index (χ4v) is 2.15. The molecule has 0 aliphatic carbocycles. The SMILES string of the molecule is CCOC(=O)C1CN(CC)c2cc(Cl)ccc2O1. The molecule has 0 amide bonds. The van der Waals surface area contributed by atoms with Crippen LogP contribution in [0.4, 0.5) is 5.69 Å². The fourth-order valence-electron chi connectivity index (χ4n) is 1.98. The van der Waals surface area contributed by atoms with Crippen molar-refractivity contribution in [2.24, 2.45) is 0 Å². The van der Waals surface area contributed by atoms with Gasteiger partial charge in [0, 0.05) is 11.6 Å². The Hall–Kier alpha value is -1.42. The number of carbonyl (C=O) groups excluding carboxylic acids is 1. The highest BCUT2D eigenvalue weighted by atomic mass is 35.5. The van der Waals surface area contributed by atoms with Crippen LogP contribution in [0.25, 0.3) is 0 Å².